The van der Waals surface area contributed by atoms with Gasteiger partial charge in [-0.15, -0.1) is 0 Å². The van der Waals surface area contributed by atoms with E-state index in [0.717, 1.165) is 15.0 Å². The van der Waals surface area contributed by atoms with Crippen molar-refractivity contribution in [2.75, 3.05) is 26.7 Å². The zero-order chi connectivity index (χ0) is 46.9. The summed E-state index contributed by atoms with van der Waals surface area (Å²) < 4.78 is 1.08. The fourth-order valence-corrected chi connectivity index (χ4v) is 7.37. The maximum absolute atomic E-state index is 13.6. The second kappa shape index (κ2) is 21.3. The summed E-state index contributed by atoms with van der Waals surface area (Å²) in [5.41, 5.74) is 4.46. The molecule has 0 saturated carbocycles. The number of nitrogens with one attached hydrogen (secondary N) is 6. The topological polar surface area (TPSA) is 344 Å². The number of β-amino-alcohol motifs (C(OH)–C–C–N with tert-alkyl or cyclic N) is 1. The van der Waals surface area contributed by atoms with Gasteiger partial charge in [-0.05, 0) is 29.7 Å². The number of likely N-dealkylation sites (N-methyl/N-ethyl adjacent to an activating group) is 1. The zero-order valence-electron chi connectivity index (χ0n) is 34.4. The SMILES string of the molecule is CN1CC(=O)N[C@@H](Cc2cn(C(N)=O)c3cc(Cl)ccc23)C(=O)NCC(=O)NC[C@H](O)CC(=O)N[C@H]([C@H](O)[C@@H](O)C/C=C/c2ccccc2)[C@H](O)C(=O)N[C@@H]2CC(=O)N[C@@]2(O)CC1=O. The van der Waals surface area contributed by atoms with Crippen LogP contribution in [0.4, 0.5) is 4.79 Å². The molecule has 5 rings (SSSR count). The summed E-state index contributed by atoms with van der Waals surface area (Å²) >= 11 is 6.14. The lowest BCUT2D eigenvalue weighted by molar-refractivity contribution is -0.145. The van der Waals surface area contributed by atoms with E-state index in [1.54, 1.807) is 42.5 Å². The van der Waals surface area contributed by atoms with Crippen LogP contribution < -0.4 is 37.6 Å². The Morgan fingerprint density at radius 2 is 1.64 bits per heavy atom. The number of halogens is 1. The Kier molecular flexibility index (Phi) is 16.2. The molecule has 1 aromatic heterocycles. The van der Waals surface area contributed by atoms with Gasteiger partial charge in [-0.3, -0.25) is 38.1 Å². The summed E-state index contributed by atoms with van der Waals surface area (Å²) in [5, 5.41) is 70.1. The van der Waals surface area contributed by atoms with Crippen LogP contribution in [0.25, 0.3) is 17.0 Å². The van der Waals surface area contributed by atoms with Crippen molar-refractivity contribution in [2.45, 2.75) is 80.4 Å². The predicted octanol–water partition coefficient (Wildman–Crippen LogP) is -3.54. The van der Waals surface area contributed by atoms with Crippen molar-refractivity contribution in [3.8, 4) is 0 Å². The Hall–Kier alpha value is -6.43. The van der Waals surface area contributed by atoms with Crippen LogP contribution >= 0.6 is 11.6 Å². The first kappa shape index (κ1) is 48.6. The maximum atomic E-state index is 13.6. The van der Waals surface area contributed by atoms with Gasteiger partial charge in [-0.25, -0.2) is 4.79 Å². The summed E-state index contributed by atoms with van der Waals surface area (Å²) in [6, 6.07) is 7.54. The lowest BCUT2D eigenvalue weighted by Crippen LogP contribution is -2.63. The van der Waals surface area contributed by atoms with Crippen molar-refractivity contribution >= 4 is 76.0 Å². The van der Waals surface area contributed by atoms with Crippen molar-refractivity contribution < 1.29 is 63.9 Å². The fourth-order valence-electron chi connectivity index (χ4n) is 7.20. The van der Waals surface area contributed by atoms with Crippen molar-refractivity contribution in [1.82, 2.24) is 41.4 Å². The third-order valence-electron chi connectivity index (χ3n) is 10.6. The molecular weight excluding hydrogens is 862 g/mol. The second-order valence-electron chi connectivity index (χ2n) is 15.5. The first-order chi connectivity index (χ1) is 30.2. The summed E-state index contributed by atoms with van der Waals surface area (Å²) in [6.07, 6.45) is -6.04. The van der Waals surface area contributed by atoms with Crippen molar-refractivity contribution in [2.24, 2.45) is 5.73 Å². The molecule has 0 bridgehead atoms. The highest BCUT2D eigenvalue weighted by Crippen LogP contribution is 2.27. The summed E-state index contributed by atoms with van der Waals surface area (Å²) in [6.45, 7) is -1.97. The van der Waals surface area contributed by atoms with E-state index in [0.29, 0.717) is 16.5 Å². The number of hydrogen-bond donors (Lipinski definition) is 12. The molecule has 2 fully saturated rings. The molecule has 2 aromatic carbocycles. The number of primary amides is 1. The molecule has 2 aliphatic rings. The van der Waals surface area contributed by atoms with Gasteiger partial charge in [-0.2, -0.15) is 0 Å². The van der Waals surface area contributed by atoms with Crippen molar-refractivity contribution in [3.63, 3.8) is 0 Å². The number of aliphatic hydroxyl groups is 5. The number of fused-ring (bicyclic) bond motifs is 2. The number of carbonyl (C=O) groups excluding carboxylic acids is 8. The number of hydrogen-bond acceptors (Lipinski definition) is 13. The van der Waals surface area contributed by atoms with E-state index in [1.165, 1.54) is 31.5 Å². The van der Waals surface area contributed by atoms with Gasteiger partial charge in [0.05, 0.1) is 62.2 Å². The third-order valence-corrected chi connectivity index (χ3v) is 10.8. The first-order valence-electron chi connectivity index (χ1n) is 20.0. The van der Waals surface area contributed by atoms with Gasteiger partial charge in [0, 0.05) is 36.6 Å². The quantitative estimate of drug-likeness (QED) is 0.109. The number of nitrogens with zero attached hydrogens (tertiary/aromatic N) is 2. The van der Waals surface area contributed by atoms with Crippen LogP contribution in [0.2, 0.25) is 5.02 Å². The molecule has 3 aromatic rings. The summed E-state index contributed by atoms with van der Waals surface area (Å²) in [7, 11) is 1.17. The molecule has 64 heavy (non-hydrogen) atoms. The van der Waals surface area contributed by atoms with Gasteiger partial charge in [-0.1, -0.05) is 60.2 Å². The molecule has 344 valence electrons. The molecule has 2 saturated heterocycles. The van der Waals surface area contributed by atoms with Crippen LogP contribution in [0.3, 0.4) is 0 Å². The minimum Gasteiger partial charge on any atom is -0.391 e. The summed E-state index contributed by atoms with van der Waals surface area (Å²) in [4.78, 5) is 106. The average Bonchev–Trinajstić information content (AvgIpc) is 3.73. The van der Waals surface area contributed by atoms with E-state index in [2.05, 4.69) is 31.9 Å². The fraction of sp³-hybridized carbons (Fsp3) is 0.415. The number of aromatic nitrogens is 1. The van der Waals surface area contributed by atoms with Crippen LogP contribution in [-0.4, -0.2) is 157 Å². The van der Waals surface area contributed by atoms with Crippen molar-refractivity contribution in [3.05, 3.63) is 77.0 Å². The highest BCUT2D eigenvalue weighted by Gasteiger charge is 2.49. The largest absolute Gasteiger partial charge is 0.391 e. The van der Waals surface area contributed by atoms with Gasteiger partial charge >= 0.3 is 6.03 Å². The normalized spacial score (nSPS) is 26.0. The van der Waals surface area contributed by atoms with E-state index in [4.69, 9.17) is 17.3 Å². The molecular formula is C41H50ClN9O13. The highest BCUT2D eigenvalue weighted by molar-refractivity contribution is 6.31. The predicted molar refractivity (Wildman–Crippen MR) is 226 cm³/mol. The second-order valence-corrected chi connectivity index (χ2v) is 16.0. The monoisotopic (exact) mass is 911 g/mol. The maximum Gasteiger partial charge on any atom is 0.323 e. The van der Waals surface area contributed by atoms with Crippen LogP contribution in [0.1, 0.15) is 36.8 Å². The number of aliphatic hydroxyl groups excluding tert-OH is 4. The summed E-state index contributed by atoms with van der Waals surface area (Å²) in [5.74, 6) is -6.82. The van der Waals surface area contributed by atoms with Crippen molar-refractivity contribution in [1.29, 1.82) is 0 Å². The molecule has 0 spiro atoms. The Bertz CT molecular complexity index is 2290. The number of benzene rings is 2. The molecule has 0 radical (unpaired) electrons. The van der Waals surface area contributed by atoms with E-state index in [-0.39, 0.29) is 17.9 Å². The first-order valence-corrected chi connectivity index (χ1v) is 20.4. The molecule has 23 heteroatoms. The number of nitrogens with two attached hydrogens (primary N) is 1. The van der Waals surface area contributed by atoms with Gasteiger partial charge in [0.2, 0.25) is 35.4 Å². The number of rotatable bonds is 7. The van der Waals surface area contributed by atoms with E-state index in [1.807, 2.05) is 0 Å². The third kappa shape index (κ3) is 12.6. The molecule has 8 atom stereocenters. The molecule has 0 unspecified atom stereocenters. The molecule has 0 aliphatic carbocycles. The van der Waals surface area contributed by atoms with E-state index >= 15 is 0 Å². The molecule has 2 aliphatic heterocycles. The molecule has 3 heterocycles. The van der Waals surface area contributed by atoms with Gasteiger partial charge in [0.15, 0.2) is 11.8 Å². The van der Waals surface area contributed by atoms with Gasteiger partial charge in [0.1, 0.15) is 12.1 Å². The van der Waals surface area contributed by atoms with Crippen LogP contribution in [0.15, 0.2) is 60.8 Å². The van der Waals surface area contributed by atoms with E-state index in [9.17, 15) is 63.9 Å². The standard InChI is InChI=1S/C41H50ClN9O13/c1-50-20-33(57)46-26(12-22-19-51(40(43)63)27-13-23(42)10-11-25(22)27)38(61)45-18-32(56)44-17-24(52)14-30(54)48-35(36(59)28(53)9-5-8-21-6-3-2-4-7-21)37(60)39(62)47-29-15-31(55)49-41(29,64)16-34(50)58/h2-8,10-11,13,19,24,26,28-29,35-37,52-53,59-60,64H,9,12,14-18,20H2,1H3,(H2,43,63)(H,44,56)(H,45,61)(H,46,57)(H,47,62)(H,48,54)(H,49,55)/b8-5+/t24-,26+,28+,29-,35-,36-,37+,41-/m1/s1. The Morgan fingerprint density at radius 1 is 0.922 bits per heavy atom. The minimum atomic E-state index is -2.49. The molecule has 22 nitrogen and oxygen atoms in total. The highest BCUT2D eigenvalue weighted by atomic mass is 35.5. The lowest BCUT2D eigenvalue weighted by Gasteiger charge is -2.34. The average molecular weight is 912 g/mol. The smallest absolute Gasteiger partial charge is 0.323 e. The number of amides is 8. The Balaban J connectivity index is 1.39. The van der Waals surface area contributed by atoms with Crippen LogP contribution in [0, 0.1) is 0 Å². The van der Waals surface area contributed by atoms with E-state index < -0.39 is 135 Å². The molecule has 13 N–H and O–H groups in total. The molecule has 8 amide bonds. The zero-order valence-corrected chi connectivity index (χ0v) is 35.2. The Labute approximate surface area is 370 Å². The Morgan fingerprint density at radius 3 is 2.34 bits per heavy atom. The minimum absolute atomic E-state index is 0.230. The lowest BCUT2D eigenvalue weighted by atomic mass is 9.95. The van der Waals surface area contributed by atoms with Gasteiger partial charge < -0.3 is 68.1 Å². The van der Waals surface area contributed by atoms with Crippen LogP contribution in [-0.2, 0) is 40.0 Å². The van der Waals surface area contributed by atoms with Gasteiger partial charge in [0.25, 0.3) is 5.91 Å². The number of carbonyl (C=O) groups is 8. The van der Waals surface area contributed by atoms with Crippen LogP contribution in [0.5, 0.6) is 0 Å².